The van der Waals surface area contributed by atoms with Crippen LogP contribution in [0.2, 0.25) is 0 Å². The molecule has 1 saturated heterocycles. The standard InChI is InChI=1S/C14H26N4O2/c1-5-15-11(4)10(3)14-16-13(17-20-14)12-9-18(6-2)7-8-19-12/h10-12,15H,5-9H2,1-4H3. The Morgan fingerprint density at radius 2 is 2.20 bits per heavy atom. The van der Waals surface area contributed by atoms with Crippen LogP contribution in [-0.4, -0.2) is 53.9 Å². The van der Waals surface area contributed by atoms with E-state index in [0.717, 1.165) is 32.8 Å². The lowest BCUT2D eigenvalue weighted by Gasteiger charge is -2.30. The molecular formula is C14H26N4O2. The molecule has 1 fully saturated rings. The first-order valence-corrected chi connectivity index (χ1v) is 7.56. The summed E-state index contributed by atoms with van der Waals surface area (Å²) in [4.78, 5) is 6.88. The van der Waals surface area contributed by atoms with Crippen molar-refractivity contribution in [2.24, 2.45) is 0 Å². The van der Waals surface area contributed by atoms with E-state index < -0.39 is 0 Å². The molecule has 1 aromatic rings. The van der Waals surface area contributed by atoms with Gasteiger partial charge in [-0.05, 0) is 20.0 Å². The van der Waals surface area contributed by atoms with Crippen molar-refractivity contribution >= 4 is 0 Å². The first-order chi connectivity index (χ1) is 9.65. The Bertz CT molecular complexity index is 410. The molecule has 2 rings (SSSR count). The molecule has 0 spiro atoms. The summed E-state index contributed by atoms with van der Waals surface area (Å²) in [5, 5.41) is 7.49. The summed E-state index contributed by atoms with van der Waals surface area (Å²) in [5.41, 5.74) is 0. The van der Waals surface area contributed by atoms with Crippen molar-refractivity contribution in [2.45, 2.75) is 45.8 Å². The van der Waals surface area contributed by atoms with E-state index in [2.05, 4.69) is 48.1 Å². The number of ether oxygens (including phenoxy) is 1. The van der Waals surface area contributed by atoms with Crippen molar-refractivity contribution < 1.29 is 9.26 Å². The van der Waals surface area contributed by atoms with Crippen LogP contribution in [0.5, 0.6) is 0 Å². The Morgan fingerprint density at radius 1 is 1.40 bits per heavy atom. The number of hydrogen-bond acceptors (Lipinski definition) is 6. The molecule has 6 nitrogen and oxygen atoms in total. The van der Waals surface area contributed by atoms with E-state index >= 15 is 0 Å². The Kier molecular flexibility index (Phi) is 5.51. The Labute approximate surface area is 120 Å². The lowest BCUT2D eigenvalue weighted by Crippen LogP contribution is -2.38. The van der Waals surface area contributed by atoms with Crippen molar-refractivity contribution in [3.05, 3.63) is 11.7 Å². The van der Waals surface area contributed by atoms with Crippen LogP contribution in [0.15, 0.2) is 4.52 Å². The molecular weight excluding hydrogens is 256 g/mol. The summed E-state index contributed by atoms with van der Waals surface area (Å²) < 4.78 is 11.2. The van der Waals surface area contributed by atoms with Crippen LogP contribution in [0.25, 0.3) is 0 Å². The first kappa shape index (κ1) is 15.4. The number of nitrogens with one attached hydrogen (secondary N) is 1. The third-order valence-electron chi connectivity index (χ3n) is 4.01. The molecule has 3 atom stereocenters. The van der Waals surface area contributed by atoms with Gasteiger partial charge in [0.25, 0.3) is 0 Å². The van der Waals surface area contributed by atoms with E-state index in [1.165, 1.54) is 0 Å². The van der Waals surface area contributed by atoms with Gasteiger partial charge in [0, 0.05) is 19.1 Å². The molecule has 6 heteroatoms. The number of rotatable bonds is 6. The largest absolute Gasteiger partial charge is 0.367 e. The smallest absolute Gasteiger partial charge is 0.231 e. The molecule has 0 amide bonds. The second kappa shape index (κ2) is 7.15. The summed E-state index contributed by atoms with van der Waals surface area (Å²) >= 11 is 0. The maximum absolute atomic E-state index is 5.75. The monoisotopic (exact) mass is 282 g/mol. The molecule has 3 unspecified atom stereocenters. The van der Waals surface area contributed by atoms with Gasteiger partial charge in [-0.2, -0.15) is 4.98 Å². The Hall–Kier alpha value is -0.980. The van der Waals surface area contributed by atoms with Gasteiger partial charge in [0.1, 0.15) is 6.10 Å². The van der Waals surface area contributed by atoms with E-state index in [1.54, 1.807) is 0 Å². The predicted molar refractivity (Wildman–Crippen MR) is 76.7 cm³/mol. The average Bonchev–Trinajstić information content (AvgIpc) is 2.96. The molecule has 1 N–H and O–H groups in total. The summed E-state index contributed by atoms with van der Waals surface area (Å²) in [7, 11) is 0. The maximum atomic E-state index is 5.75. The summed E-state index contributed by atoms with van der Waals surface area (Å²) in [6, 6.07) is 0.313. The zero-order valence-electron chi connectivity index (χ0n) is 12.9. The van der Waals surface area contributed by atoms with Gasteiger partial charge in [-0.3, -0.25) is 4.90 Å². The molecule has 20 heavy (non-hydrogen) atoms. The molecule has 0 radical (unpaired) electrons. The molecule has 1 aliphatic heterocycles. The minimum atomic E-state index is -0.0668. The van der Waals surface area contributed by atoms with Gasteiger partial charge in [0.05, 0.1) is 12.5 Å². The molecule has 0 aliphatic carbocycles. The summed E-state index contributed by atoms with van der Waals surface area (Å²) in [5.74, 6) is 1.56. The number of hydrogen-bond donors (Lipinski definition) is 1. The van der Waals surface area contributed by atoms with Crippen molar-refractivity contribution in [1.29, 1.82) is 0 Å². The summed E-state index contributed by atoms with van der Waals surface area (Å²) in [6.07, 6.45) is -0.0668. The number of morpholine rings is 1. The van der Waals surface area contributed by atoms with Crippen molar-refractivity contribution in [2.75, 3.05) is 32.8 Å². The minimum absolute atomic E-state index is 0.0668. The van der Waals surface area contributed by atoms with E-state index in [9.17, 15) is 0 Å². The van der Waals surface area contributed by atoms with E-state index in [1.807, 2.05) is 0 Å². The minimum Gasteiger partial charge on any atom is -0.367 e. The highest BCUT2D eigenvalue weighted by Gasteiger charge is 2.27. The highest BCUT2D eigenvalue weighted by Crippen LogP contribution is 2.23. The average molecular weight is 282 g/mol. The molecule has 1 aliphatic rings. The van der Waals surface area contributed by atoms with Crippen LogP contribution in [-0.2, 0) is 4.74 Å². The summed E-state index contributed by atoms with van der Waals surface area (Å²) in [6.45, 7) is 13.0. The number of nitrogens with zero attached hydrogens (tertiary/aromatic N) is 3. The fourth-order valence-electron chi connectivity index (χ4n) is 2.42. The second-order valence-corrected chi connectivity index (χ2v) is 5.38. The Morgan fingerprint density at radius 3 is 2.90 bits per heavy atom. The lowest BCUT2D eigenvalue weighted by molar-refractivity contribution is -0.0334. The molecule has 2 heterocycles. The number of likely N-dealkylation sites (N-methyl/N-ethyl adjacent to an activating group) is 2. The molecule has 1 aromatic heterocycles. The SMILES string of the molecule is CCNC(C)C(C)c1nc(C2CN(CC)CCO2)no1. The van der Waals surface area contributed by atoms with Crippen molar-refractivity contribution in [3.8, 4) is 0 Å². The molecule has 114 valence electrons. The van der Waals surface area contributed by atoms with Crippen LogP contribution in [0.3, 0.4) is 0 Å². The van der Waals surface area contributed by atoms with Crippen LogP contribution in [0.1, 0.15) is 51.4 Å². The van der Waals surface area contributed by atoms with Gasteiger partial charge < -0.3 is 14.6 Å². The van der Waals surface area contributed by atoms with Gasteiger partial charge in [-0.1, -0.05) is 25.9 Å². The van der Waals surface area contributed by atoms with Crippen LogP contribution in [0, 0.1) is 0 Å². The topological polar surface area (TPSA) is 63.4 Å². The van der Waals surface area contributed by atoms with Gasteiger partial charge >= 0.3 is 0 Å². The highest BCUT2D eigenvalue weighted by molar-refractivity contribution is 4.99. The van der Waals surface area contributed by atoms with Crippen LogP contribution in [0.4, 0.5) is 0 Å². The van der Waals surface area contributed by atoms with Gasteiger partial charge in [0.15, 0.2) is 0 Å². The normalized spacial score (nSPS) is 23.7. The Balaban J connectivity index is 2.01. The van der Waals surface area contributed by atoms with E-state index in [4.69, 9.17) is 9.26 Å². The van der Waals surface area contributed by atoms with Gasteiger partial charge in [-0.15, -0.1) is 0 Å². The van der Waals surface area contributed by atoms with Crippen molar-refractivity contribution in [3.63, 3.8) is 0 Å². The highest BCUT2D eigenvalue weighted by atomic mass is 16.5. The van der Waals surface area contributed by atoms with Crippen LogP contribution < -0.4 is 5.32 Å². The quantitative estimate of drug-likeness (QED) is 0.854. The van der Waals surface area contributed by atoms with E-state index in [0.29, 0.717) is 17.8 Å². The van der Waals surface area contributed by atoms with E-state index in [-0.39, 0.29) is 12.0 Å². The fourth-order valence-corrected chi connectivity index (χ4v) is 2.42. The van der Waals surface area contributed by atoms with Gasteiger partial charge in [-0.25, -0.2) is 0 Å². The molecule has 0 saturated carbocycles. The van der Waals surface area contributed by atoms with Crippen LogP contribution >= 0.6 is 0 Å². The zero-order chi connectivity index (χ0) is 14.5. The molecule has 0 aromatic carbocycles. The second-order valence-electron chi connectivity index (χ2n) is 5.38. The predicted octanol–water partition coefficient (Wildman–Crippen LogP) is 1.56. The zero-order valence-corrected chi connectivity index (χ0v) is 12.9. The van der Waals surface area contributed by atoms with Crippen molar-refractivity contribution in [1.82, 2.24) is 20.4 Å². The third kappa shape index (κ3) is 3.56. The maximum Gasteiger partial charge on any atom is 0.231 e. The van der Waals surface area contributed by atoms with Gasteiger partial charge in [0.2, 0.25) is 11.7 Å². The number of aromatic nitrogens is 2. The third-order valence-corrected chi connectivity index (χ3v) is 4.01. The fraction of sp³-hybridized carbons (Fsp3) is 0.857. The first-order valence-electron chi connectivity index (χ1n) is 7.56. The lowest BCUT2D eigenvalue weighted by atomic mass is 10.0. The molecule has 0 bridgehead atoms.